The van der Waals surface area contributed by atoms with Crippen LogP contribution in [0.5, 0.6) is 11.5 Å². The Kier molecular flexibility index (Phi) is 5.81. The summed E-state index contributed by atoms with van der Waals surface area (Å²) < 4.78 is 16.3. The number of hydrogen-bond acceptors (Lipinski definition) is 6. The van der Waals surface area contributed by atoms with Crippen LogP contribution in [0.15, 0.2) is 47.3 Å². The van der Waals surface area contributed by atoms with Crippen LogP contribution in [0.1, 0.15) is 29.4 Å². The second-order valence-electron chi connectivity index (χ2n) is 7.56. The summed E-state index contributed by atoms with van der Waals surface area (Å²) in [4.78, 5) is 12.4. The molecule has 166 valence electrons. The number of ether oxygens (including phenoxy) is 2. The van der Waals surface area contributed by atoms with Crippen LogP contribution in [-0.2, 0) is 13.7 Å². The highest BCUT2D eigenvalue weighted by atomic mass is 16.5. The van der Waals surface area contributed by atoms with Crippen molar-refractivity contribution in [2.45, 2.75) is 34.3 Å². The van der Waals surface area contributed by atoms with Gasteiger partial charge in [0, 0.05) is 12.7 Å². The highest BCUT2D eigenvalue weighted by molar-refractivity contribution is 5.50. The molecule has 4 aromatic rings. The minimum atomic E-state index is -0.342. The number of aryl methyl sites for hydroxylation is 4. The zero-order valence-electron chi connectivity index (χ0n) is 18.9. The van der Waals surface area contributed by atoms with Gasteiger partial charge in [-0.15, -0.1) is 0 Å². The molecule has 0 bridgehead atoms. The Hall–Kier alpha value is -3.88. The average molecular weight is 435 g/mol. The number of hydrogen-bond donors (Lipinski definition) is 0. The van der Waals surface area contributed by atoms with Crippen molar-refractivity contribution in [3.63, 3.8) is 0 Å². The van der Waals surface area contributed by atoms with E-state index in [2.05, 4.69) is 15.5 Å². The topological polar surface area (TPSA) is 89.0 Å². The zero-order chi connectivity index (χ0) is 22.8. The van der Waals surface area contributed by atoms with Crippen LogP contribution in [-0.4, -0.2) is 36.2 Å². The minimum Gasteiger partial charge on any atom is -0.493 e. The Morgan fingerprint density at radius 2 is 1.75 bits per heavy atom. The molecule has 0 aliphatic heterocycles. The summed E-state index contributed by atoms with van der Waals surface area (Å²) >= 11 is 0. The summed E-state index contributed by atoms with van der Waals surface area (Å²) in [7, 11) is 1.56. The maximum absolute atomic E-state index is 12.4. The average Bonchev–Trinajstić information content (AvgIpc) is 3.28. The largest absolute Gasteiger partial charge is 0.493 e. The van der Waals surface area contributed by atoms with E-state index in [1.807, 2.05) is 68.8 Å². The van der Waals surface area contributed by atoms with Gasteiger partial charge in [0.1, 0.15) is 18.1 Å². The number of nitrogens with zero attached hydrogens (tertiary/aromatic N) is 6. The summed E-state index contributed by atoms with van der Waals surface area (Å²) in [5.74, 6) is 1.37. The summed E-state index contributed by atoms with van der Waals surface area (Å²) in [5, 5.41) is 12.3. The highest BCUT2D eigenvalue weighted by Crippen LogP contribution is 2.28. The van der Waals surface area contributed by atoms with E-state index >= 15 is 0 Å². The maximum Gasteiger partial charge on any atom is 0.368 e. The molecule has 0 spiro atoms. The van der Waals surface area contributed by atoms with Gasteiger partial charge in [0.2, 0.25) is 0 Å². The Labute approximate surface area is 185 Å². The third-order valence-electron chi connectivity index (χ3n) is 5.14. The fourth-order valence-corrected chi connectivity index (χ4v) is 3.62. The predicted molar refractivity (Wildman–Crippen MR) is 120 cm³/mol. The number of aromatic nitrogens is 6. The van der Waals surface area contributed by atoms with E-state index < -0.39 is 0 Å². The van der Waals surface area contributed by atoms with Crippen LogP contribution >= 0.6 is 0 Å². The molecule has 0 aliphatic carbocycles. The lowest BCUT2D eigenvalue weighted by Gasteiger charge is -2.16. The number of benzene rings is 2. The van der Waals surface area contributed by atoms with Crippen LogP contribution in [0.4, 0.5) is 0 Å². The van der Waals surface area contributed by atoms with Crippen molar-refractivity contribution in [1.29, 1.82) is 0 Å². The Morgan fingerprint density at radius 3 is 2.38 bits per heavy atom. The molecule has 2 aromatic heterocycles. The smallest absolute Gasteiger partial charge is 0.368 e. The van der Waals surface area contributed by atoms with Crippen LogP contribution in [0.25, 0.3) is 11.4 Å². The van der Waals surface area contributed by atoms with E-state index in [1.54, 1.807) is 13.1 Å². The molecule has 0 atom stereocenters. The first-order valence-electron chi connectivity index (χ1n) is 10.4. The molecule has 9 nitrogen and oxygen atoms in total. The van der Waals surface area contributed by atoms with Crippen molar-refractivity contribution in [2.24, 2.45) is 7.05 Å². The molecule has 32 heavy (non-hydrogen) atoms. The monoisotopic (exact) mass is 434 g/mol. The molecular weight excluding hydrogens is 408 g/mol. The summed E-state index contributed by atoms with van der Waals surface area (Å²) in [6, 6.07) is 13.5. The Bertz CT molecular complexity index is 1320. The lowest BCUT2D eigenvalue weighted by atomic mass is 10.1. The molecule has 2 heterocycles. The second-order valence-corrected chi connectivity index (χ2v) is 7.56. The van der Waals surface area contributed by atoms with Crippen molar-refractivity contribution in [1.82, 2.24) is 29.6 Å². The molecule has 0 radical (unpaired) electrons. The third kappa shape index (κ3) is 4.01. The van der Waals surface area contributed by atoms with Crippen molar-refractivity contribution in [2.75, 3.05) is 6.61 Å². The van der Waals surface area contributed by atoms with Gasteiger partial charge >= 0.3 is 5.69 Å². The summed E-state index contributed by atoms with van der Waals surface area (Å²) in [5.41, 5.74) is 4.94. The highest BCUT2D eigenvalue weighted by Gasteiger charge is 2.17. The molecule has 0 unspecified atom stereocenters. The molecule has 0 aliphatic rings. The van der Waals surface area contributed by atoms with Crippen molar-refractivity contribution < 1.29 is 9.47 Å². The molecule has 0 saturated heterocycles. The zero-order valence-corrected chi connectivity index (χ0v) is 18.9. The SMILES string of the molecule is CCOc1cccc(-n2nnn(C)c2=O)c1COc1ccc(-n2nc(C)cc2C)cc1C. The van der Waals surface area contributed by atoms with E-state index in [1.165, 1.54) is 9.36 Å². The molecule has 0 amide bonds. The molecule has 4 rings (SSSR count). The lowest BCUT2D eigenvalue weighted by Crippen LogP contribution is -2.23. The first-order chi connectivity index (χ1) is 15.4. The van der Waals surface area contributed by atoms with Gasteiger partial charge in [-0.2, -0.15) is 14.5 Å². The van der Waals surface area contributed by atoms with Crippen molar-refractivity contribution in [3.8, 4) is 22.9 Å². The molecule has 0 fully saturated rings. The summed E-state index contributed by atoms with van der Waals surface area (Å²) in [6.07, 6.45) is 0. The second kappa shape index (κ2) is 8.70. The van der Waals surface area contributed by atoms with Crippen LogP contribution < -0.4 is 15.2 Å². The quantitative estimate of drug-likeness (QED) is 0.444. The van der Waals surface area contributed by atoms with Crippen molar-refractivity contribution in [3.05, 3.63) is 75.5 Å². The van der Waals surface area contributed by atoms with Crippen molar-refractivity contribution >= 4 is 0 Å². The molecule has 2 aromatic carbocycles. The van der Waals surface area contributed by atoms with Gasteiger partial charge in [-0.1, -0.05) is 6.07 Å². The normalized spacial score (nSPS) is 11.0. The Balaban J connectivity index is 1.65. The third-order valence-corrected chi connectivity index (χ3v) is 5.14. The van der Waals surface area contributed by atoms with E-state index in [0.29, 0.717) is 18.0 Å². The molecular formula is C23H26N6O3. The van der Waals surface area contributed by atoms with Gasteiger partial charge in [-0.3, -0.25) is 0 Å². The molecule has 9 heteroatoms. The van der Waals surface area contributed by atoms with Gasteiger partial charge in [-0.25, -0.2) is 9.48 Å². The lowest BCUT2D eigenvalue weighted by molar-refractivity contribution is 0.284. The van der Waals surface area contributed by atoms with E-state index in [-0.39, 0.29) is 12.3 Å². The van der Waals surface area contributed by atoms with Gasteiger partial charge < -0.3 is 9.47 Å². The maximum atomic E-state index is 12.4. The molecule has 0 saturated carbocycles. The first kappa shape index (κ1) is 21.4. The van der Waals surface area contributed by atoms with Crippen LogP contribution in [0, 0.1) is 20.8 Å². The predicted octanol–water partition coefficient (Wildman–Crippen LogP) is 3.05. The van der Waals surface area contributed by atoms with Gasteiger partial charge in [0.15, 0.2) is 0 Å². The van der Waals surface area contributed by atoms with Gasteiger partial charge in [-0.05, 0) is 80.1 Å². The van der Waals surface area contributed by atoms with Gasteiger partial charge in [0.25, 0.3) is 0 Å². The fourth-order valence-electron chi connectivity index (χ4n) is 3.62. The molecule has 0 N–H and O–H groups in total. The summed E-state index contributed by atoms with van der Waals surface area (Å²) in [6.45, 7) is 8.60. The number of tetrazole rings is 1. The van der Waals surface area contributed by atoms with E-state index in [9.17, 15) is 4.79 Å². The van der Waals surface area contributed by atoms with Crippen LogP contribution in [0.2, 0.25) is 0 Å². The standard InChI is InChI=1S/C23H26N6O3/c1-6-31-22-9-7-8-20(29-23(30)27(5)25-26-29)19(22)14-32-21-11-10-18(12-15(21)2)28-17(4)13-16(3)24-28/h7-13H,6,14H2,1-5H3. The first-order valence-corrected chi connectivity index (χ1v) is 10.4. The van der Waals surface area contributed by atoms with Gasteiger partial charge in [0.05, 0.1) is 29.2 Å². The van der Waals surface area contributed by atoms with Crippen LogP contribution in [0.3, 0.4) is 0 Å². The number of rotatable bonds is 7. The van der Waals surface area contributed by atoms with E-state index in [4.69, 9.17) is 9.47 Å². The minimum absolute atomic E-state index is 0.203. The fraction of sp³-hybridized carbons (Fsp3) is 0.304. The Morgan fingerprint density at radius 1 is 0.938 bits per heavy atom. The van der Waals surface area contributed by atoms with E-state index in [0.717, 1.165) is 34.0 Å².